The van der Waals surface area contributed by atoms with Gasteiger partial charge in [0.25, 0.3) is 11.6 Å². The molecule has 130 valence electrons. The zero-order chi connectivity index (χ0) is 18.0. The molecule has 2 heterocycles. The van der Waals surface area contributed by atoms with Gasteiger partial charge in [-0.15, -0.1) is 0 Å². The minimum Gasteiger partial charge on any atom is -0.497 e. The molecule has 0 aliphatic carbocycles. The van der Waals surface area contributed by atoms with E-state index in [1.165, 1.54) is 6.20 Å². The molecule has 6 heteroatoms. The largest absolute Gasteiger partial charge is 0.497 e. The predicted octanol–water partition coefficient (Wildman–Crippen LogP) is 3.24. The highest BCUT2D eigenvalue weighted by Gasteiger charge is 2.19. The summed E-state index contributed by atoms with van der Waals surface area (Å²) < 4.78 is 10.3. The van der Waals surface area contributed by atoms with Crippen LogP contribution in [0.1, 0.15) is 28.5 Å². The molecule has 25 heavy (non-hydrogen) atoms. The number of aromatic nitrogens is 2. The maximum Gasteiger partial charge on any atom is 0.257 e. The van der Waals surface area contributed by atoms with E-state index < -0.39 is 0 Å². The van der Waals surface area contributed by atoms with Gasteiger partial charge in [-0.3, -0.25) is 4.79 Å². The lowest BCUT2D eigenvalue weighted by Crippen LogP contribution is -2.36. The number of benzene rings is 1. The standard InChI is InChI=1S/C19H21N3O3/c1-12(9-14-5-7-16(24-4)8-6-14)22(3)19(23)15-10-17-13(2)21-25-18(17)20-11-15/h5-8,10-12H,9H2,1-4H3. The maximum atomic E-state index is 12.8. The van der Waals surface area contributed by atoms with Gasteiger partial charge in [0.05, 0.1) is 23.8 Å². The number of pyridine rings is 1. The van der Waals surface area contributed by atoms with Crippen LogP contribution in [0.15, 0.2) is 41.1 Å². The number of hydrogen-bond acceptors (Lipinski definition) is 5. The predicted molar refractivity (Wildman–Crippen MR) is 94.8 cm³/mol. The Morgan fingerprint density at radius 1 is 1.32 bits per heavy atom. The van der Waals surface area contributed by atoms with E-state index in [1.807, 2.05) is 38.1 Å². The molecule has 1 aromatic carbocycles. The molecule has 0 radical (unpaired) electrons. The van der Waals surface area contributed by atoms with Gasteiger partial charge in [0.2, 0.25) is 0 Å². The Kier molecular flexibility index (Phi) is 4.70. The maximum absolute atomic E-state index is 12.8. The molecular weight excluding hydrogens is 318 g/mol. The van der Waals surface area contributed by atoms with Crippen LogP contribution in [-0.2, 0) is 6.42 Å². The Hall–Kier alpha value is -2.89. The molecule has 3 aromatic rings. The highest BCUT2D eigenvalue weighted by atomic mass is 16.5. The topological polar surface area (TPSA) is 68.5 Å². The first kappa shape index (κ1) is 17.0. The number of rotatable bonds is 5. The third kappa shape index (κ3) is 3.47. The summed E-state index contributed by atoms with van der Waals surface area (Å²) in [6.07, 6.45) is 2.29. The molecule has 0 aliphatic heterocycles. The molecule has 2 aromatic heterocycles. The Bertz CT molecular complexity index is 887. The van der Waals surface area contributed by atoms with Crippen molar-refractivity contribution >= 4 is 17.0 Å². The molecule has 3 rings (SSSR count). The molecular formula is C19H21N3O3. The monoisotopic (exact) mass is 339 g/mol. The van der Waals surface area contributed by atoms with Crippen molar-refractivity contribution < 1.29 is 14.1 Å². The Labute approximate surface area is 146 Å². The van der Waals surface area contributed by atoms with Crippen LogP contribution in [0.2, 0.25) is 0 Å². The van der Waals surface area contributed by atoms with Gasteiger partial charge in [-0.2, -0.15) is 0 Å². The average Bonchev–Trinajstić information content (AvgIpc) is 3.01. The number of hydrogen-bond donors (Lipinski definition) is 0. The summed E-state index contributed by atoms with van der Waals surface area (Å²) in [6.45, 7) is 3.86. The highest BCUT2D eigenvalue weighted by molar-refractivity contribution is 5.97. The number of carbonyl (C=O) groups excluding carboxylic acids is 1. The van der Waals surface area contributed by atoms with Crippen molar-refractivity contribution in [1.82, 2.24) is 15.0 Å². The van der Waals surface area contributed by atoms with Gasteiger partial charge in [-0.1, -0.05) is 17.3 Å². The fourth-order valence-electron chi connectivity index (χ4n) is 2.71. The van der Waals surface area contributed by atoms with Gasteiger partial charge in [-0.05, 0) is 44.0 Å². The lowest BCUT2D eigenvalue weighted by atomic mass is 10.1. The zero-order valence-corrected chi connectivity index (χ0v) is 14.8. The molecule has 1 unspecified atom stereocenters. The SMILES string of the molecule is COc1ccc(CC(C)N(C)C(=O)c2cnc3onc(C)c3c2)cc1. The van der Waals surface area contributed by atoms with E-state index in [2.05, 4.69) is 10.1 Å². The first-order valence-electron chi connectivity index (χ1n) is 8.11. The van der Waals surface area contributed by atoms with Crippen molar-refractivity contribution in [2.24, 2.45) is 0 Å². The van der Waals surface area contributed by atoms with Gasteiger partial charge in [0, 0.05) is 19.3 Å². The minimum atomic E-state index is -0.0731. The van der Waals surface area contributed by atoms with Crippen molar-refractivity contribution in [2.75, 3.05) is 14.2 Å². The van der Waals surface area contributed by atoms with Crippen molar-refractivity contribution in [3.63, 3.8) is 0 Å². The first-order valence-corrected chi connectivity index (χ1v) is 8.11. The average molecular weight is 339 g/mol. The number of fused-ring (bicyclic) bond motifs is 1. The molecule has 0 N–H and O–H groups in total. The number of methoxy groups -OCH3 is 1. The fourth-order valence-corrected chi connectivity index (χ4v) is 2.71. The Morgan fingerprint density at radius 3 is 2.72 bits per heavy atom. The zero-order valence-electron chi connectivity index (χ0n) is 14.8. The molecule has 0 saturated carbocycles. The summed E-state index contributed by atoms with van der Waals surface area (Å²) in [4.78, 5) is 18.7. The molecule has 0 aliphatic rings. The second-order valence-corrected chi connectivity index (χ2v) is 6.16. The van der Waals surface area contributed by atoms with Crippen LogP contribution in [-0.4, -0.2) is 41.1 Å². The van der Waals surface area contributed by atoms with Gasteiger partial charge in [0.1, 0.15) is 5.75 Å². The summed E-state index contributed by atoms with van der Waals surface area (Å²) in [6, 6.07) is 9.71. The summed E-state index contributed by atoms with van der Waals surface area (Å²) in [5.74, 6) is 0.750. The van der Waals surface area contributed by atoms with Crippen LogP contribution < -0.4 is 4.74 Å². The molecule has 1 amide bonds. The summed E-state index contributed by atoms with van der Waals surface area (Å²) in [5, 5.41) is 4.64. The fraction of sp³-hybridized carbons (Fsp3) is 0.316. The van der Waals surface area contributed by atoms with Gasteiger partial charge in [0.15, 0.2) is 0 Å². The third-order valence-electron chi connectivity index (χ3n) is 4.43. The number of likely N-dealkylation sites (N-methyl/N-ethyl adjacent to an activating group) is 1. The number of nitrogens with zero attached hydrogens (tertiary/aromatic N) is 3. The number of carbonyl (C=O) groups is 1. The molecule has 0 saturated heterocycles. The second kappa shape index (κ2) is 6.93. The van der Waals surface area contributed by atoms with E-state index >= 15 is 0 Å². The molecule has 1 atom stereocenters. The smallest absolute Gasteiger partial charge is 0.257 e. The van der Waals surface area contributed by atoms with Crippen LogP contribution in [0.5, 0.6) is 5.75 Å². The molecule has 0 fully saturated rings. The van der Waals surface area contributed by atoms with E-state index in [0.29, 0.717) is 11.3 Å². The minimum absolute atomic E-state index is 0.0418. The van der Waals surface area contributed by atoms with Crippen molar-refractivity contribution in [3.8, 4) is 5.75 Å². The second-order valence-electron chi connectivity index (χ2n) is 6.16. The Balaban J connectivity index is 1.74. The van der Waals surface area contributed by atoms with Crippen molar-refractivity contribution in [1.29, 1.82) is 0 Å². The van der Waals surface area contributed by atoms with Gasteiger partial charge >= 0.3 is 0 Å². The van der Waals surface area contributed by atoms with E-state index in [4.69, 9.17) is 9.26 Å². The van der Waals surface area contributed by atoms with Crippen molar-refractivity contribution in [3.05, 3.63) is 53.3 Å². The lowest BCUT2D eigenvalue weighted by Gasteiger charge is -2.25. The number of amides is 1. The van der Waals surface area contributed by atoms with E-state index in [-0.39, 0.29) is 11.9 Å². The number of ether oxygens (including phenoxy) is 1. The van der Waals surface area contributed by atoms with Gasteiger partial charge < -0.3 is 14.2 Å². The van der Waals surface area contributed by atoms with E-state index in [9.17, 15) is 4.79 Å². The van der Waals surface area contributed by atoms with Gasteiger partial charge in [-0.25, -0.2) is 4.98 Å². The summed E-state index contributed by atoms with van der Waals surface area (Å²) in [7, 11) is 3.45. The summed E-state index contributed by atoms with van der Waals surface area (Å²) in [5.41, 5.74) is 2.85. The van der Waals surface area contributed by atoms with Crippen LogP contribution in [0.25, 0.3) is 11.1 Å². The lowest BCUT2D eigenvalue weighted by molar-refractivity contribution is 0.0743. The van der Waals surface area contributed by atoms with Crippen LogP contribution in [0.3, 0.4) is 0 Å². The molecule has 0 bridgehead atoms. The van der Waals surface area contributed by atoms with Crippen LogP contribution in [0.4, 0.5) is 0 Å². The Morgan fingerprint density at radius 2 is 2.04 bits per heavy atom. The van der Waals surface area contributed by atoms with Crippen molar-refractivity contribution in [2.45, 2.75) is 26.3 Å². The van der Waals surface area contributed by atoms with Crippen LogP contribution >= 0.6 is 0 Å². The third-order valence-corrected chi connectivity index (χ3v) is 4.43. The van der Waals surface area contributed by atoms with E-state index in [1.54, 1.807) is 25.1 Å². The quantitative estimate of drug-likeness (QED) is 0.714. The molecule has 0 spiro atoms. The van der Waals surface area contributed by atoms with Crippen LogP contribution in [0, 0.1) is 6.92 Å². The first-order chi connectivity index (χ1) is 12.0. The van der Waals surface area contributed by atoms with E-state index in [0.717, 1.165) is 28.8 Å². The molecule has 6 nitrogen and oxygen atoms in total. The highest BCUT2D eigenvalue weighted by Crippen LogP contribution is 2.19. The normalized spacial score (nSPS) is 12.2. The number of aryl methyl sites for hydroxylation is 1. The summed E-state index contributed by atoms with van der Waals surface area (Å²) >= 11 is 0.